The van der Waals surface area contributed by atoms with Gasteiger partial charge in [0.1, 0.15) is 0 Å². The fourth-order valence-electron chi connectivity index (χ4n) is 8.07. The lowest BCUT2D eigenvalue weighted by Gasteiger charge is -2.20. The molecule has 2 heterocycles. The molecular weight excluding hydrogens is 643 g/mol. The van der Waals surface area contributed by atoms with Crippen molar-refractivity contribution in [3.8, 4) is 50.2 Å². The summed E-state index contributed by atoms with van der Waals surface area (Å²) < 4.78 is 2.31. The van der Waals surface area contributed by atoms with Crippen LogP contribution in [0.2, 0.25) is 0 Å². The van der Waals surface area contributed by atoms with Crippen LogP contribution in [0.1, 0.15) is 0 Å². The monoisotopic (exact) mass is 673 g/mol. The summed E-state index contributed by atoms with van der Waals surface area (Å²) in [6.45, 7) is 7.83. The lowest BCUT2D eigenvalue weighted by molar-refractivity contribution is 1.18. The molecule has 10 rings (SSSR count). The number of pyridine rings is 1. The van der Waals surface area contributed by atoms with Crippen molar-refractivity contribution in [1.29, 1.82) is 0 Å². The van der Waals surface area contributed by atoms with Gasteiger partial charge in [0.15, 0.2) is 5.69 Å². The summed E-state index contributed by atoms with van der Waals surface area (Å²) in [6, 6.07) is 62.6. The summed E-state index contributed by atoms with van der Waals surface area (Å²) in [7, 11) is 0. The van der Waals surface area contributed by atoms with Crippen molar-refractivity contribution in [1.82, 2.24) is 9.55 Å². The Hall–Kier alpha value is -7.28. The minimum Gasteiger partial charge on any atom is -0.309 e. The Morgan fingerprint density at radius 1 is 0.396 bits per heavy atom. The summed E-state index contributed by atoms with van der Waals surface area (Å²) in [5.41, 5.74) is 13.2. The molecule has 0 amide bonds. The van der Waals surface area contributed by atoms with Crippen molar-refractivity contribution < 1.29 is 0 Å². The highest BCUT2D eigenvalue weighted by Crippen LogP contribution is 2.47. The zero-order valence-electron chi connectivity index (χ0n) is 28.7. The molecule has 53 heavy (non-hydrogen) atoms. The maximum absolute atomic E-state index is 7.83. The van der Waals surface area contributed by atoms with Crippen molar-refractivity contribution >= 4 is 49.0 Å². The standard InChI is InChI=1S/C50H31N3/c1-51-39-22-26-48-44(31-39)43-30-37(21-25-47(43)53(48)40-17-9-4-10-18-40)49-41-23-19-36(34-14-7-3-8-15-34)29-46(41)50(38-16-11-27-52-32-38)42-24-20-35(28-45(42)49)33-12-5-2-6-13-33/h2-32H. The van der Waals surface area contributed by atoms with E-state index in [1.807, 2.05) is 36.7 Å². The van der Waals surface area contributed by atoms with Crippen molar-refractivity contribution in [2.24, 2.45) is 0 Å². The van der Waals surface area contributed by atoms with Crippen molar-refractivity contribution in [3.63, 3.8) is 0 Å². The summed E-state index contributed by atoms with van der Waals surface area (Å²) >= 11 is 0. The molecule has 0 atom stereocenters. The van der Waals surface area contributed by atoms with Gasteiger partial charge in [0, 0.05) is 29.0 Å². The fourth-order valence-corrected chi connectivity index (χ4v) is 8.07. The number of rotatable bonds is 5. The van der Waals surface area contributed by atoms with Gasteiger partial charge in [-0.15, -0.1) is 0 Å². The number of hydrogen-bond donors (Lipinski definition) is 0. The van der Waals surface area contributed by atoms with Gasteiger partial charge in [-0.3, -0.25) is 4.98 Å². The van der Waals surface area contributed by atoms with E-state index in [-0.39, 0.29) is 0 Å². The van der Waals surface area contributed by atoms with Crippen LogP contribution in [0.3, 0.4) is 0 Å². The SMILES string of the molecule is [C-]#[N+]c1ccc2c(c1)c1cc(-c3c4ccc(-c5ccccc5)cc4c(-c4cccnc4)c4ccc(-c5ccccc5)cc34)ccc1n2-c1ccccc1. The molecule has 10 aromatic rings. The van der Waals surface area contributed by atoms with Gasteiger partial charge < -0.3 is 4.57 Å². The maximum atomic E-state index is 7.83. The van der Waals surface area contributed by atoms with Crippen LogP contribution < -0.4 is 0 Å². The molecule has 0 radical (unpaired) electrons. The second-order valence-corrected chi connectivity index (χ2v) is 13.5. The van der Waals surface area contributed by atoms with Gasteiger partial charge in [-0.2, -0.15) is 0 Å². The van der Waals surface area contributed by atoms with Gasteiger partial charge in [0.05, 0.1) is 17.6 Å². The summed E-state index contributed by atoms with van der Waals surface area (Å²) in [5.74, 6) is 0. The predicted octanol–water partition coefficient (Wildman–Crippen LogP) is 13.7. The molecule has 0 aliphatic carbocycles. The lowest BCUT2D eigenvalue weighted by Crippen LogP contribution is -1.94. The first-order valence-electron chi connectivity index (χ1n) is 17.8. The molecule has 0 fully saturated rings. The zero-order valence-corrected chi connectivity index (χ0v) is 28.7. The highest BCUT2D eigenvalue weighted by Gasteiger charge is 2.20. The van der Waals surface area contributed by atoms with Crippen LogP contribution in [0.15, 0.2) is 188 Å². The Bertz CT molecular complexity index is 3030. The molecule has 0 aliphatic heterocycles. The first-order chi connectivity index (χ1) is 26.2. The quantitative estimate of drug-likeness (QED) is 0.132. The van der Waals surface area contributed by atoms with Crippen LogP contribution in [0.5, 0.6) is 0 Å². The van der Waals surface area contributed by atoms with Gasteiger partial charge in [-0.25, -0.2) is 4.85 Å². The molecule has 246 valence electrons. The Balaban J connectivity index is 1.34. The first-order valence-corrected chi connectivity index (χ1v) is 17.8. The summed E-state index contributed by atoms with van der Waals surface area (Å²) in [4.78, 5) is 8.40. The summed E-state index contributed by atoms with van der Waals surface area (Å²) in [5, 5.41) is 6.89. The highest BCUT2D eigenvalue weighted by molar-refractivity contribution is 6.23. The lowest BCUT2D eigenvalue weighted by atomic mass is 9.84. The van der Waals surface area contributed by atoms with Crippen molar-refractivity contribution in [3.05, 3.63) is 200 Å². The van der Waals surface area contributed by atoms with E-state index in [0.29, 0.717) is 5.69 Å². The van der Waals surface area contributed by atoms with E-state index in [0.717, 1.165) is 38.6 Å². The highest BCUT2D eigenvalue weighted by atomic mass is 15.0. The van der Waals surface area contributed by atoms with Crippen molar-refractivity contribution in [2.75, 3.05) is 0 Å². The third-order valence-corrected chi connectivity index (χ3v) is 10.5. The predicted molar refractivity (Wildman–Crippen MR) is 222 cm³/mol. The number of para-hydroxylation sites is 1. The van der Waals surface area contributed by atoms with Crippen LogP contribution in [0.25, 0.3) is 98.4 Å². The van der Waals surface area contributed by atoms with Crippen LogP contribution >= 0.6 is 0 Å². The van der Waals surface area contributed by atoms with Gasteiger partial charge >= 0.3 is 0 Å². The molecule has 0 N–H and O–H groups in total. The third kappa shape index (κ3) is 5.08. The van der Waals surface area contributed by atoms with Crippen LogP contribution in [-0.4, -0.2) is 9.55 Å². The Labute approximate surface area is 307 Å². The fraction of sp³-hybridized carbons (Fsp3) is 0. The Morgan fingerprint density at radius 2 is 0.906 bits per heavy atom. The molecule has 2 aromatic heterocycles. The molecular formula is C50H31N3. The molecule has 0 bridgehead atoms. The average Bonchev–Trinajstić information content (AvgIpc) is 3.56. The average molecular weight is 674 g/mol. The molecule has 0 unspecified atom stereocenters. The van der Waals surface area contributed by atoms with E-state index < -0.39 is 0 Å². The normalized spacial score (nSPS) is 11.4. The first kappa shape index (κ1) is 30.5. The van der Waals surface area contributed by atoms with Crippen LogP contribution in [0.4, 0.5) is 5.69 Å². The van der Waals surface area contributed by atoms with Gasteiger partial charge in [0.25, 0.3) is 0 Å². The van der Waals surface area contributed by atoms with E-state index in [1.54, 1.807) is 0 Å². The minimum absolute atomic E-state index is 0.632. The van der Waals surface area contributed by atoms with Gasteiger partial charge in [0.2, 0.25) is 0 Å². The number of benzene rings is 8. The molecule has 0 aliphatic rings. The van der Waals surface area contributed by atoms with E-state index >= 15 is 0 Å². The zero-order chi connectivity index (χ0) is 35.3. The molecule has 0 saturated carbocycles. The molecule has 8 aromatic carbocycles. The van der Waals surface area contributed by atoms with Gasteiger partial charge in [-0.05, 0) is 120 Å². The second kappa shape index (κ2) is 12.5. The molecule has 3 nitrogen and oxygen atoms in total. The summed E-state index contributed by atoms with van der Waals surface area (Å²) in [6.07, 6.45) is 3.82. The number of aromatic nitrogens is 2. The van der Waals surface area contributed by atoms with E-state index in [2.05, 4.69) is 166 Å². The van der Waals surface area contributed by atoms with E-state index in [9.17, 15) is 0 Å². The molecule has 0 spiro atoms. The Morgan fingerprint density at radius 3 is 1.49 bits per heavy atom. The second-order valence-electron chi connectivity index (χ2n) is 13.5. The number of fused-ring (bicyclic) bond motifs is 5. The smallest absolute Gasteiger partial charge is 0.188 e. The van der Waals surface area contributed by atoms with Crippen molar-refractivity contribution in [2.45, 2.75) is 0 Å². The number of nitrogens with zero attached hydrogens (tertiary/aromatic N) is 3. The Kier molecular flexibility index (Phi) is 7.20. The maximum Gasteiger partial charge on any atom is 0.188 e. The largest absolute Gasteiger partial charge is 0.309 e. The van der Waals surface area contributed by atoms with Crippen LogP contribution in [-0.2, 0) is 0 Å². The topological polar surface area (TPSA) is 22.2 Å². The third-order valence-electron chi connectivity index (χ3n) is 10.5. The minimum atomic E-state index is 0.632. The molecule has 3 heteroatoms. The van der Waals surface area contributed by atoms with E-state index in [4.69, 9.17) is 6.57 Å². The van der Waals surface area contributed by atoms with Gasteiger partial charge in [-0.1, -0.05) is 121 Å². The number of hydrogen-bond acceptors (Lipinski definition) is 1. The van der Waals surface area contributed by atoms with E-state index in [1.165, 1.54) is 54.9 Å². The molecule has 0 saturated heterocycles. The van der Waals surface area contributed by atoms with Crippen LogP contribution in [0, 0.1) is 6.57 Å².